The Hall–Kier alpha value is -3.42. The maximum absolute atomic E-state index is 11.6. The Morgan fingerprint density at radius 3 is 2.70 bits per heavy atom. The number of rotatable bonds is 6. The van der Waals surface area contributed by atoms with Crippen molar-refractivity contribution >= 4 is 63.1 Å². The number of carbonyl (C=O) groups is 1. The highest BCUT2D eigenvalue weighted by molar-refractivity contribution is 14.1. The van der Waals surface area contributed by atoms with Gasteiger partial charge < -0.3 is 12.4 Å². The van der Waals surface area contributed by atoms with Crippen LogP contribution in [0.25, 0.3) is 22.6 Å². The predicted octanol–water partition coefficient (Wildman–Crippen LogP) is 5.71. The van der Waals surface area contributed by atoms with Crippen LogP contribution in [-0.4, -0.2) is 27.6 Å². The number of carbonyl (C=O) groups excluding carboxylic acids is 1. The summed E-state index contributed by atoms with van der Waals surface area (Å²) in [6, 6.07) is 14.8. The molecule has 9 heteroatoms. The van der Waals surface area contributed by atoms with Crippen molar-refractivity contribution in [2.24, 2.45) is 0 Å². The number of fused-ring (bicyclic) bond motifs is 1. The molecule has 0 aliphatic heterocycles. The minimum absolute atomic E-state index is 0.171. The van der Waals surface area contributed by atoms with Gasteiger partial charge in [-0.05, 0) is 35.9 Å². The van der Waals surface area contributed by atoms with Gasteiger partial charge in [0.25, 0.3) is 0 Å². The first kappa shape index (κ1) is 22.8. The molecule has 0 spiro atoms. The topological polar surface area (TPSA) is 90.0 Å². The summed E-state index contributed by atoms with van der Waals surface area (Å²) in [6.45, 7) is 0.568. The first-order valence-electron chi connectivity index (χ1n) is 9.71. The highest BCUT2D eigenvalue weighted by Gasteiger charge is 2.12. The van der Waals surface area contributed by atoms with Crippen molar-refractivity contribution in [2.75, 3.05) is 7.11 Å². The number of aromatic nitrogens is 3. The van der Waals surface area contributed by atoms with Gasteiger partial charge in [0, 0.05) is 52.7 Å². The van der Waals surface area contributed by atoms with E-state index in [-0.39, 0.29) is 5.69 Å². The van der Waals surface area contributed by atoms with E-state index >= 15 is 0 Å². The summed E-state index contributed by atoms with van der Waals surface area (Å²) in [5.74, 6) is 0.00503. The molecule has 0 saturated heterocycles. The molecular weight excluding hydrogens is 555 g/mol. The molecule has 0 bridgehead atoms. The fourth-order valence-electron chi connectivity index (χ4n) is 3.41. The van der Waals surface area contributed by atoms with Crippen LogP contribution in [0.15, 0.2) is 61.1 Å². The van der Waals surface area contributed by atoms with E-state index in [2.05, 4.69) is 23.7 Å². The number of methoxy groups -OCH3 is 1. The molecule has 3 heterocycles. The number of ether oxygens (including phenoxy) is 1. The molecule has 0 unspecified atom stereocenters. The monoisotopic (exact) mass is 570 g/mol. The first-order valence-corrected chi connectivity index (χ1v) is 11.0. The molecule has 0 N–H and O–H groups in total. The molecule has 164 valence electrons. The van der Waals surface area contributed by atoms with Crippen LogP contribution in [0, 0.1) is 11.3 Å². The minimum atomic E-state index is -0.544. The molecule has 0 atom stereocenters. The van der Waals surface area contributed by atoms with E-state index < -0.39 is 5.97 Å². The number of nitriles is 1. The van der Waals surface area contributed by atoms with Crippen LogP contribution >= 0.6 is 34.6 Å². The van der Waals surface area contributed by atoms with Crippen molar-refractivity contribution in [2.45, 2.75) is 6.54 Å². The van der Waals surface area contributed by atoms with Gasteiger partial charge in [0.15, 0.2) is 23.0 Å². The Kier molecular flexibility index (Phi) is 6.91. The molecule has 0 aliphatic carbocycles. The van der Waals surface area contributed by atoms with E-state index in [1.165, 1.54) is 35.3 Å². The molecule has 0 aliphatic rings. The van der Waals surface area contributed by atoms with Crippen LogP contribution < -0.4 is 4.74 Å². The molecule has 33 heavy (non-hydrogen) atoms. The van der Waals surface area contributed by atoms with Gasteiger partial charge in [-0.2, -0.15) is 5.26 Å². The summed E-state index contributed by atoms with van der Waals surface area (Å²) in [6.07, 6.45) is 7.01. The predicted molar refractivity (Wildman–Crippen MR) is 134 cm³/mol. The van der Waals surface area contributed by atoms with Gasteiger partial charge >= 0.3 is 5.97 Å². The summed E-state index contributed by atoms with van der Waals surface area (Å²) in [4.78, 5) is 20.0. The molecular formula is C24H16ClIN4O3. The third-order valence-electron chi connectivity index (χ3n) is 5.01. The molecule has 4 rings (SSSR count). The van der Waals surface area contributed by atoms with E-state index in [0.717, 1.165) is 22.0 Å². The molecule has 0 amide bonds. The lowest BCUT2D eigenvalue weighted by Crippen LogP contribution is -2.01. The van der Waals surface area contributed by atoms with E-state index in [9.17, 15) is 10.1 Å². The number of benzene rings is 1. The van der Waals surface area contributed by atoms with Crippen LogP contribution in [-0.2, 0) is 9.61 Å². The summed E-state index contributed by atoms with van der Waals surface area (Å²) < 4.78 is 11.8. The summed E-state index contributed by atoms with van der Waals surface area (Å²) in [7, 11) is 1.58. The highest BCUT2D eigenvalue weighted by Crippen LogP contribution is 2.29. The third kappa shape index (κ3) is 4.99. The molecule has 1 aromatic carbocycles. The van der Waals surface area contributed by atoms with Crippen molar-refractivity contribution < 1.29 is 12.6 Å². The molecule has 0 fully saturated rings. The summed E-state index contributed by atoms with van der Waals surface area (Å²) >= 11 is 7.78. The maximum atomic E-state index is 11.6. The van der Waals surface area contributed by atoms with Crippen LogP contribution in [0.1, 0.15) is 27.2 Å². The number of hydrogen-bond acceptors (Lipinski definition) is 6. The zero-order valence-corrected chi connectivity index (χ0v) is 20.2. The van der Waals surface area contributed by atoms with E-state index in [1.54, 1.807) is 25.4 Å². The fourth-order valence-corrected chi connectivity index (χ4v) is 3.80. The van der Waals surface area contributed by atoms with Crippen molar-refractivity contribution in [3.63, 3.8) is 0 Å². The number of hydrogen-bond donors (Lipinski definition) is 0. The van der Waals surface area contributed by atoms with Crippen LogP contribution in [0.3, 0.4) is 0 Å². The lowest BCUT2D eigenvalue weighted by atomic mass is 10.0. The number of pyridine rings is 2. The second-order valence-corrected chi connectivity index (χ2v) is 7.93. The van der Waals surface area contributed by atoms with E-state index in [4.69, 9.17) is 16.3 Å². The van der Waals surface area contributed by atoms with Gasteiger partial charge in [0.2, 0.25) is 5.88 Å². The first-order chi connectivity index (χ1) is 16.0. The Morgan fingerprint density at radius 1 is 1.21 bits per heavy atom. The standard InChI is InChI=1S/C24H16ClIN4O3/c1-32-23-7-2-15(11-29-23)13-30-14-18(20-5-4-19(25)9-22(20)30)8-17(10-27)16-3-6-21(28-12-16)24(31)33-26/h2-9,11-12,14H,13H2,1H3/b17-8+. The largest absolute Gasteiger partial charge is 0.481 e. The van der Waals surface area contributed by atoms with Crippen LogP contribution in [0.2, 0.25) is 5.02 Å². The molecule has 7 nitrogen and oxygen atoms in total. The minimum Gasteiger partial charge on any atom is -0.481 e. The van der Waals surface area contributed by atoms with Crippen molar-refractivity contribution in [3.05, 3.63) is 88.5 Å². The number of nitrogens with zero attached hydrogens (tertiary/aromatic N) is 4. The Morgan fingerprint density at radius 2 is 2.06 bits per heavy atom. The Labute approximate surface area is 208 Å². The van der Waals surface area contributed by atoms with Gasteiger partial charge in [-0.25, -0.2) is 14.8 Å². The quantitative estimate of drug-likeness (QED) is 0.218. The van der Waals surface area contributed by atoms with Crippen molar-refractivity contribution in [3.8, 4) is 11.9 Å². The molecule has 4 aromatic rings. The average Bonchev–Trinajstić information content (AvgIpc) is 3.18. The third-order valence-corrected chi connectivity index (χ3v) is 5.64. The van der Waals surface area contributed by atoms with Crippen LogP contribution in [0.5, 0.6) is 5.88 Å². The lowest BCUT2D eigenvalue weighted by molar-refractivity contribution is 0.0794. The maximum Gasteiger partial charge on any atom is 0.366 e. The second-order valence-electron chi connectivity index (χ2n) is 7.05. The Balaban J connectivity index is 1.74. The second kappa shape index (κ2) is 10.0. The van der Waals surface area contributed by atoms with Gasteiger partial charge in [-0.15, -0.1) is 0 Å². The van der Waals surface area contributed by atoms with E-state index in [1.807, 2.05) is 36.5 Å². The van der Waals surface area contributed by atoms with Gasteiger partial charge in [0.1, 0.15) is 5.69 Å². The smallest absolute Gasteiger partial charge is 0.366 e. The zero-order chi connectivity index (χ0) is 23.4. The average molecular weight is 571 g/mol. The highest BCUT2D eigenvalue weighted by atomic mass is 127. The van der Waals surface area contributed by atoms with Gasteiger partial charge in [-0.3, -0.25) is 0 Å². The van der Waals surface area contributed by atoms with E-state index in [0.29, 0.717) is 28.6 Å². The Bertz CT molecular complexity index is 1390. The zero-order valence-electron chi connectivity index (χ0n) is 17.3. The van der Waals surface area contributed by atoms with Gasteiger partial charge in [0.05, 0.1) is 24.3 Å². The fraction of sp³-hybridized carbons (Fsp3) is 0.0833. The summed E-state index contributed by atoms with van der Waals surface area (Å²) in [5, 5.41) is 11.4. The number of allylic oxidation sites excluding steroid dienone is 1. The van der Waals surface area contributed by atoms with Crippen molar-refractivity contribution in [1.29, 1.82) is 5.26 Å². The molecule has 3 aromatic heterocycles. The van der Waals surface area contributed by atoms with Crippen LogP contribution in [0.4, 0.5) is 0 Å². The number of halogens is 2. The lowest BCUT2D eigenvalue weighted by Gasteiger charge is -2.06. The van der Waals surface area contributed by atoms with Crippen molar-refractivity contribution in [1.82, 2.24) is 14.5 Å². The molecule has 0 saturated carbocycles. The molecule has 0 radical (unpaired) electrons. The van der Waals surface area contributed by atoms with Gasteiger partial charge in [-0.1, -0.05) is 23.7 Å². The SMILES string of the molecule is COc1ccc(Cn2cc(/C=C(\C#N)c3ccc(C(=O)OI)nc3)c3ccc(Cl)cc32)cn1. The summed E-state index contributed by atoms with van der Waals surface area (Å²) in [5.41, 5.74) is 3.96. The normalized spacial score (nSPS) is 11.3.